The number of rotatable bonds is 9. The molecule has 5 nitrogen and oxygen atoms in total. The van der Waals surface area contributed by atoms with Crippen molar-refractivity contribution in [3.05, 3.63) is 71.9 Å². The van der Waals surface area contributed by atoms with E-state index < -0.39 is 0 Å². The number of likely N-dealkylation sites (tertiary alicyclic amines) is 1. The van der Waals surface area contributed by atoms with E-state index in [0.717, 1.165) is 58.8 Å². The number of fused-ring (bicyclic) bond motifs is 1. The van der Waals surface area contributed by atoms with Crippen molar-refractivity contribution in [2.75, 3.05) is 32.8 Å². The lowest BCUT2D eigenvalue weighted by Gasteiger charge is -2.31. The SMILES string of the molecule is CC(=O)N1CCC(COCCNCc2cccc3c2ccn3Cc2ccccc2)CC1. The number of aromatic nitrogens is 1. The Morgan fingerprint density at radius 3 is 2.65 bits per heavy atom. The van der Waals surface area contributed by atoms with Crippen LogP contribution in [0.3, 0.4) is 0 Å². The van der Waals surface area contributed by atoms with Crippen LogP contribution in [0.5, 0.6) is 0 Å². The number of hydrogen-bond donors (Lipinski definition) is 1. The van der Waals surface area contributed by atoms with Crippen molar-refractivity contribution in [2.45, 2.75) is 32.9 Å². The molecule has 1 fully saturated rings. The van der Waals surface area contributed by atoms with E-state index in [4.69, 9.17) is 4.74 Å². The summed E-state index contributed by atoms with van der Waals surface area (Å²) in [6.07, 6.45) is 4.28. The molecule has 2 aromatic carbocycles. The van der Waals surface area contributed by atoms with Gasteiger partial charge >= 0.3 is 0 Å². The third-order valence-electron chi connectivity index (χ3n) is 6.25. The van der Waals surface area contributed by atoms with Crippen molar-refractivity contribution < 1.29 is 9.53 Å². The molecule has 0 saturated carbocycles. The lowest BCUT2D eigenvalue weighted by Crippen LogP contribution is -2.38. The number of nitrogens with zero attached hydrogens (tertiary/aromatic N) is 2. The van der Waals surface area contributed by atoms with Crippen LogP contribution in [-0.2, 0) is 22.6 Å². The summed E-state index contributed by atoms with van der Waals surface area (Å²) in [5, 5.41) is 4.83. The maximum Gasteiger partial charge on any atom is 0.219 e. The number of benzene rings is 2. The Labute approximate surface area is 185 Å². The number of nitrogens with one attached hydrogen (secondary N) is 1. The molecule has 1 aliphatic rings. The van der Waals surface area contributed by atoms with Gasteiger partial charge in [0, 0.05) is 63.4 Å². The van der Waals surface area contributed by atoms with Crippen LogP contribution in [0.15, 0.2) is 60.8 Å². The Balaban J connectivity index is 1.21. The van der Waals surface area contributed by atoms with Crippen molar-refractivity contribution in [3.8, 4) is 0 Å². The Hall–Kier alpha value is -2.63. The Bertz CT molecular complexity index is 975. The molecule has 164 valence electrons. The van der Waals surface area contributed by atoms with Gasteiger partial charge in [-0.3, -0.25) is 4.79 Å². The summed E-state index contributed by atoms with van der Waals surface area (Å²) in [6, 6.07) is 19.3. The van der Waals surface area contributed by atoms with Crippen LogP contribution in [0.1, 0.15) is 30.9 Å². The van der Waals surface area contributed by atoms with Gasteiger partial charge in [0.1, 0.15) is 0 Å². The molecule has 0 aliphatic carbocycles. The maximum absolute atomic E-state index is 11.4. The average Bonchev–Trinajstić information content (AvgIpc) is 3.20. The van der Waals surface area contributed by atoms with Crippen LogP contribution in [0.2, 0.25) is 0 Å². The molecular weight excluding hydrogens is 386 g/mol. The topological polar surface area (TPSA) is 46.5 Å². The number of amides is 1. The van der Waals surface area contributed by atoms with Crippen molar-refractivity contribution in [2.24, 2.45) is 5.92 Å². The quantitative estimate of drug-likeness (QED) is 0.532. The fraction of sp³-hybridized carbons (Fsp3) is 0.423. The van der Waals surface area contributed by atoms with Crippen molar-refractivity contribution in [1.29, 1.82) is 0 Å². The first kappa shape index (κ1) is 21.6. The van der Waals surface area contributed by atoms with Crippen LogP contribution in [-0.4, -0.2) is 48.2 Å². The molecule has 3 aromatic rings. The minimum absolute atomic E-state index is 0.189. The zero-order valence-corrected chi connectivity index (χ0v) is 18.4. The van der Waals surface area contributed by atoms with E-state index in [9.17, 15) is 4.79 Å². The first-order chi connectivity index (χ1) is 15.2. The molecule has 1 aliphatic heterocycles. The summed E-state index contributed by atoms with van der Waals surface area (Å²) >= 11 is 0. The van der Waals surface area contributed by atoms with Crippen molar-refractivity contribution >= 4 is 16.8 Å². The Kier molecular flexibility index (Phi) is 7.39. The molecule has 1 N–H and O–H groups in total. The molecule has 0 unspecified atom stereocenters. The minimum Gasteiger partial charge on any atom is -0.380 e. The maximum atomic E-state index is 11.4. The van der Waals surface area contributed by atoms with E-state index in [1.54, 1.807) is 6.92 Å². The van der Waals surface area contributed by atoms with Crippen LogP contribution < -0.4 is 5.32 Å². The van der Waals surface area contributed by atoms with Crippen LogP contribution in [0, 0.1) is 5.92 Å². The van der Waals surface area contributed by atoms with Gasteiger partial charge < -0.3 is 19.5 Å². The molecule has 0 atom stereocenters. The monoisotopic (exact) mass is 419 g/mol. The predicted octanol–water partition coefficient (Wildman–Crippen LogP) is 4.05. The zero-order chi connectivity index (χ0) is 21.5. The summed E-state index contributed by atoms with van der Waals surface area (Å²) in [5.74, 6) is 0.766. The van der Waals surface area contributed by atoms with Crippen LogP contribution in [0.25, 0.3) is 10.9 Å². The highest BCUT2D eigenvalue weighted by atomic mass is 16.5. The standard InChI is InChI=1S/C26H33N3O2/c1-21(30)28-14-10-23(11-15-28)20-31-17-13-27-18-24-8-5-9-26-25(24)12-16-29(26)19-22-6-3-2-4-7-22/h2-9,12,16,23,27H,10-11,13-15,17-20H2,1H3. The summed E-state index contributed by atoms with van der Waals surface area (Å²) in [7, 11) is 0. The molecule has 0 bridgehead atoms. The Morgan fingerprint density at radius 1 is 1.06 bits per heavy atom. The highest BCUT2D eigenvalue weighted by molar-refractivity contribution is 5.83. The molecule has 1 saturated heterocycles. The number of ether oxygens (including phenoxy) is 1. The van der Waals surface area contributed by atoms with E-state index >= 15 is 0 Å². The van der Waals surface area contributed by atoms with Crippen LogP contribution in [0.4, 0.5) is 0 Å². The fourth-order valence-corrected chi connectivity index (χ4v) is 4.39. The number of carbonyl (C=O) groups excluding carboxylic acids is 1. The minimum atomic E-state index is 0.189. The summed E-state index contributed by atoms with van der Waals surface area (Å²) < 4.78 is 8.21. The van der Waals surface area contributed by atoms with E-state index in [-0.39, 0.29) is 5.91 Å². The fourth-order valence-electron chi connectivity index (χ4n) is 4.39. The van der Waals surface area contributed by atoms with Gasteiger partial charge in [-0.15, -0.1) is 0 Å². The molecule has 5 heteroatoms. The van der Waals surface area contributed by atoms with E-state index in [0.29, 0.717) is 5.92 Å². The average molecular weight is 420 g/mol. The summed E-state index contributed by atoms with van der Waals surface area (Å²) in [4.78, 5) is 13.3. The van der Waals surface area contributed by atoms with Crippen molar-refractivity contribution in [1.82, 2.24) is 14.8 Å². The van der Waals surface area contributed by atoms with Crippen molar-refractivity contribution in [3.63, 3.8) is 0 Å². The lowest BCUT2D eigenvalue weighted by molar-refractivity contribution is -0.130. The van der Waals surface area contributed by atoms with Gasteiger partial charge in [0.25, 0.3) is 0 Å². The largest absolute Gasteiger partial charge is 0.380 e. The van der Waals surface area contributed by atoms with Gasteiger partial charge in [0.05, 0.1) is 6.61 Å². The molecule has 0 spiro atoms. The van der Waals surface area contributed by atoms with Gasteiger partial charge in [-0.05, 0) is 42.0 Å². The van der Waals surface area contributed by atoms with Gasteiger partial charge in [0.15, 0.2) is 0 Å². The number of piperidine rings is 1. The second kappa shape index (κ2) is 10.6. The summed E-state index contributed by atoms with van der Waals surface area (Å²) in [6.45, 7) is 7.48. The van der Waals surface area contributed by atoms with Gasteiger partial charge in [0.2, 0.25) is 5.91 Å². The second-order valence-electron chi connectivity index (χ2n) is 8.48. The predicted molar refractivity (Wildman–Crippen MR) is 125 cm³/mol. The molecule has 1 amide bonds. The second-order valence-corrected chi connectivity index (χ2v) is 8.48. The van der Waals surface area contributed by atoms with Gasteiger partial charge in [-0.2, -0.15) is 0 Å². The number of carbonyl (C=O) groups is 1. The van der Waals surface area contributed by atoms with Crippen LogP contribution >= 0.6 is 0 Å². The molecule has 1 aromatic heterocycles. The highest BCUT2D eigenvalue weighted by Crippen LogP contribution is 2.21. The zero-order valence-electron chi connectivity index (χ0n) is 18.4. The van der Waals surface area contributed by atoms with E-state index in [1.807, 2.05) is 4.90 Å². The first-order valence-corrected chi connectivity index (χ1v) is 11.4. The van der Waals surface area contributed by atoms with E-state index in [1.165, 1.54) is 22.0 Å². The molecule has 31 heavy (non-hydrogen) atoms. The van der Waals surface area contributed by atoms with E-state index in [2.05, 4.69) is 70.7 Å². The normalized spacial score (nSPS) is 14.9. The third-order valence-corrected chi connectivity index (χ3v) is 6.25. The smallest absolute Gasteiger partial charge is 0.219 e. The highest BCUT2D eigenvalue weighted by Gasteiger charge is 2.20. The van der Waals surface area contributed by atoms with Gasteiger partial charge in [-0.25, -0.2) is 0 Å². The third kappa shape index (κ3) is 5.75. The molecular formula is C26H33N3O2. The molecule has 4 rings (SSSR count). The summed E-state index contributed by atoms with van der Waals surface area (Å²) in [5.41, 5.74) is 3.91. The number of hydrogen-bond acceptors (Lipinski definition) is 3. The molecule has 2 heterocycles. The van der Waals surface area contributed by atoms with Gasteiger partial charge in [-0.1, -0.05) is 42.5 Å². The lowest BCUT2D eigenvalue weighted by atomic mass is 9.98. The molecule has 0 radical (unpaired) electrons. The first-order valence-electron chi connectivity index (χ1n) is 11.4. The Morgan fingerprint density at radius 2 is 1.87 bits per heavy atom.